The van der Waals surface area contributed by atoms with E-state index in [1.54, 1.807) is 0 Å². The zero-order valence-corrected chi connectivity index (χ0v) is 18.1. The molecule has 134 valence electrons. The van der Waals surface area contributed by atoms with Crippen LogP contribution < -0.4 is 28.5 Å². The molecule has 0 saturated heterocycles. The number of hydrogen-bond acceptors (Lipinski definition) is 0. The number of halogens is 1. The van der Waals surface area contributed by atoms with Crippen LogP contribution in [0.25, 0.3) is 0 Å². The van der Waals surface area contributed by atoms with Gasteiger partial charge in [0.2, 0.25) is 0 Å². The molecule has 0 atom stereocenters. The summed E-state index contributed by atoms with van der Waals surface area (Å²) in [5, 5.41) is 0. The topological polar surface area (TPSA) is 0 Å². The molecule has 1 rings (SSSR count). The van der Waals surface area contributed by atoms with Crippen molar-refractivity contribution in [2.24, 2.45) is 0 Å². The number of nitrogens with zero attached hydrogens (tertiary/aromatic N) is 1. The molecule has 1 aromatic carbocycles. The molecule has 23 heavy (non-hydrogen) atoms. The average molecular weight is 431 g/mol. The van der Waals surface area contributed by atoms with Crippen molar-refractivity contribution in [2.75, 3.05) is 21.1 Å². The Morgan fingerprint density at radius 3 is 1.70 bits per heavy atom. The molecule has 0 aliphatic heterocycles. The molecule has 0 amide bonds. The molecule has 0 fully saturated rings. The molecular formula is C21H38IN. The third-order valence-electron chi connectivity index (χ3n) is 4.51. The number of para-hydroxylation sites is 1. The zero-order chi connectivity index (χ0) is 16.3. The number of quaternary nitrogens is 1. The summed E-state index contributed by atoms with van der Waals surface area (Å²) >= 11 is 0. The lowest BCUT2D eigenvalue weighted by molar-refractivity contribution is -0.00000506. The van der Waals surface area contributed by atoms with Crippen molar-refractivity contribution in [2.45, 2.75) is 77.6 Å². The largest absolute Gasteiger partial charge is 1.00 e. The van der Waals surface area contributed by atoms with E-state index in [0.29, 0.717) is 0 Å². The van der Waals surface area contributed by atoms with E-state index in [4.69, 9.17) is 0 Å². The molecule has 0 aromatic heterocycles. The molecule has 1 aromatic rings. The number of unbranched alkanes of at least 4 members (excludes halogenated alkanes) is 9. The van der Waals surface area contributed by atoms with Crippen molar-refractivity contribution < 1.29 is 24.0 Å². The van der Waals surface area contributed by atoms with Gasteiger partial charge in [-0.15, -0.1) is 0 Å². The summed E-state index contributed by atoms with van der Waals surface area (Å²) in [7, 11) is 6.78. The molecule has 0 spiro atoms. The van der Waals surface area contributed by atoms with Crippen LogP contribution in [0.3, 0.4) is 0 Å². The Morgan fingerprint density at radius 1 is 0.696 bits per heavy atom. The van der Waals surface area contributed by atoms with Crippen LogP contribution in [-0.4, -0.2) is 21.1 Å². The van der Waals surface area contributed by atoms with E-state index in [1.165, 1.54) is 81.9 Å². The molecule has 0 bridgehead atoms. The molecular weight excluding hydrogens is 393 g/mol. The van der Waals surface area contributed by atoms with Gasteiger partial charge in [-0.05, 0) is 18.9 Å². The zero-order valence-electron chi connectivity index (χ0n) is 15.9. The fraction of sp³-hybridized carbons (Fsp3) is 0.714. The molecule has 0 heterocycles. The highest BCUT2D eigenvalue weighted by atomic mass is 127. The quantitative estimate of drug-likeness (QED) is 0.271. The Bertz CT molecular complexity index is 395. The highest BCUT2D eigenvalue weighted by Gasteiger charge is 2.15. The Kier molecular flexibility index (Phi) is 13.2. The normalized spacial score (nSPS) is 11.3. The molecule has 0 radical (unpaired) electrons. The van der Waals surface area contributed by atoms with E-state index >= 15 is 0 Å². The lowest BCUT2D eigenvalue weighted by Crippen LogP contribution is -3.00. The molecule has 2 heteroatoms. The van der Waals surface area contributed by atoms with Crippen molar-refractivity contribution in [3.63, 3.8) is 0 Å². The SMILES string of the molecule is CCCCCCCCCCCCc1ccccc1[N+](C)(C)C.[I-]. The van der Waals surface area contributed by atoms with Gasteiger partial charge in [0.25, 0.3) is 0 Å². The van der Waals surface area contributed by atoms with Crippen molar-refractivity contribution >= 4 is 5.69 Å². The van der Waals surface area contributed by atoms with Crippen LogP contribution in [0.5, 0.6) is 0 Å². The van der Waals surface area contributed by atoms with Gasteiger partial charge < -0.3 is 24.0 Å². The third-order valence-corrected chi connectivity index (χ3v) is 4.51. The maximum absolute atomic E-state index is 2.31. The number of benzene rings is 1. The average Bonchev–Trinajstić information content (AvgIpc) is 2.48. The molecule has 1 nitrogen and oxygen atoms in total. The van der Waals surface area contributed by atoms with Crippen LogP contribution in [0, 0.1) is 0 Å². The second kappa shape index (κ2) is 13.2. The lowest BCUT2D eigenvalue weighted by atomic mass is 10.0. The summed E-state index contributed by atoms with van der Waals surface area (Å²) in [4.78, 5) is 0. The summed E-state index contributed by atoms with van der Waals surface area (Å²) in [6.07, 6.45) is 15.4. The standard InChI is InChI=1S/C21H38N.HI/c1-5-6-7-8-9-10-11-12-13-14-17-20-18-15-16-19-21(20)22(2,3)4;/h15-16,18-19H,5-14,17H2,1-4H3;1H/q+1;/p-1. The third kappa shape index (κ3) is 10.4. The van der Waals surface area contributed by atoms with Gasteiger partial charge in [-0.1, -0.05) is 82.9 Å². The highest BCUT2D eigenvalue weighted by molar-refractivity contribution is 5.49. The smallest absolute Gasteiger partial charge is 0.135 e. The minimum absolute atomic E-state index is 0. The summed E-state index contributed by atoms with van der Waals surface area (Å²) in [6.45, 7) is 2.29. The summed E-state index contributed by atoms with van der Waals surface area (Å²) in [5.74, 6) is 0. The van der Waals surface area contributed by atoms with Crippen molar-refractivity contribution in [3.8, 4) is 0 Å². The monoisotopic (exact) mass is 431 g/mol. The first-order valence-electron chi connectivity index (χ1n) is 9.45. The summed E-state index contributed by atoms with van der Waals surface area (Å²) < 4.78 is 0.925. The van der Waals surface area contributed by atoms with Gasteiger partial charge in [0.05, 0.1) is 21.1 Å². The predicted molar refractivity (Wildman–Crippen MR) is 102 cm³/mol. The van der Waals surface area contributed by atoms with Gasteiger partial charge in [-0.3, -0.25) is 4.48 Å². The molecule has 0 unspecified atom stereocenters. The van der Waals surface area contributed by atoms with Gasteiger partial charge in [0.15, 0.2) is 0 Å². The highest BCUT2D eigenvalue weighted by Crippen LogP contribution is 2.24. The van der Waals surface area contributed by atoms with E-state index in [0.717, 1.165) is 4.48 Å². The Labute approximate surface area is 162 Å². The van der Waals surface area contributed by atoms with Crippen LogP contribution >= 0.6 is 0 Å². The van der Waals surface area contributed by atoms with Crippen molar-refractivity contribution in [1.82, 2.24) is 4.48 Å². The van der Waals surface area contributed by atoms with Gasteiger partial charge in [0, 0.05) is 5.56 Å². The van der Waals surface area contributed by atoms with Gasteiger partial charge in [-0.25, -0.2) is 0 Å². The first-order valence-corrected chi connectivity index (χ1v) is 9.45. The second-order valence-corrected chi connectivity index (χ2v) is 7.57. The number of rotatable bonds is 12. The number of hydrogen-bond donors (Lipinski definition) is 0. The minimum atomic E-state index is 0. The van der Waals surface area contributed by atoms with Crippen LogP contribution in [0.1, 0.15) is 76.7 Å². The number of aryl methyl sites for hydroxylation is 1. The molecule has 0 aliphatic rings. The fourth-order valence-electron chi connectivity index (χ4n) is 3.18. The Balaban J connectivity index is 0.00000484. The first kappa shape index (κ1) is 22.9. The second-order valence-electron chi connectivity index (χ2n) is 7.57. The van der Waals surface area contributed by atoms with E-state index < -0.39 is 0 Å². The maximum Gasteiger partial charge on any atom is 0.135 e. The fourth-order valence-corrected chi connectivity index (χ4v) is 3.18. The molecule has 0 N–H and O–H groups in total. The van der Waals surface area contributed by atoms with E-state index in [2.05, 4.69) is 52.3 Å². The van der Waals surface area contributed by atoms with Gasteiger partial charge in [-0.2, -0.15) is 0 Å². The molecule has 0 aliphatic carbocycles. The first-order chi connectivity index (χ1) is 10.6. The Morgan fingerprint density at radius 2 is 1.17 bits per heavy atom. The van der Waals surface area contributed by atoms with Gasteiger partial charge in [0.1, 0.15) is 5.69 Å². The van der Waals surface area contributed by atoms with E-state index in [9.17, 15) is 0 Å². The van der Waals surface area contributed by atoms with Crippen molar-refractivity contribution in [1.29, 1.82) is 0 Å². The minimum Gasteiger partial charge on any atom is -1.00 e. The lowest BCUT2D eigenvalue weighted by Gasteiger charge is -2.26. The van der Waals surface area contributed by atoms with Crippen molar-refractivity contribution in [3.05, 3.63) is 29.8 Å². The molecule has 0 saturated carbocycles. The maximum atomic E-state index is 2.31. The summed E-state index contributed by atoms with van der Waals surface area (Å²) in [5.41, 5.74) is 3.01. The van der Waals surface area contributed by atoms with Crippen LogP contribution in [0.2, 0.25) is 0 Å². The van der Waals surface area contributed by atoms with Crippen LogP contribution in [0.15, 0.2) is 24.3 Å². The summed E-state index contributed by atoms with van der Waals surface area (Å²) in [6, 6.07) is 8.95. The van der Waals surface area contributed by atoms with E-state index in [-0.39, 0.29) is 24.0 Å². The van der Waals surface area contributed by atoms with Gasteiger partial charge >= 0.3 is 0 Å². The van der Waals surface area contributed by atoms with Crippen LogP contribution in [-0.2, 0) is 6.42 Å². The predicted octanol–water partition coefficient (Wildman–Crippen LogP) is 3.35. The van der Waals surface area contributed by atoms with E-state index in [1.807, 2.05) is 0 Å². The van der Waals surface area contributed by atoms with Crippen LogP contribution in [0.4, 0.5) is 5.69 Å². The Hall–Kier alpha value is -0.0900.